The summed E-state index contributed by atoms with van der Waals surface area (Å²) in [5.41, 5.74) is 1.22. The maximum atomic E-state index is 11.2. The minimum Gasteiger partial charge on any atom is -0.496 e. The Hall–Kier alpha value is -1.75. The lowest BCUT2D eigenvalue weighted by Crippen LogP contribution is -2.09. The predicted octanol–water partition coefficient (Wildman–Crippen LogP) is 1.25. The van der Waals surface area contributed by atoms with E-state index in [1.54, 1.807) is 13.0 Å². The standard InChI is InChI=1S/C12H16O5/c1-7-9(16-2)6-8(4-5-13)10(12(14)15)11(7)17-3/h6,13H,4-5H2,1-3H3,(H,14,15). The van der Waals surface area contributed by atoms with E-state index in [-0.39, 0.29) is 24.3 Å². The molecule has 0 bridgehead atoms. The number of aromatic carboxylic acids is 1. The van der Waals surface area contributed by atoms with Crippen LogP contribution >= 0.6 is 0 Å². The summed E-state index contributed by atoms with van der Waals surface area (Å²) in [6, 6.07) is 1.62. The van der Waals surface area contributed by atoms with Gasteiger partial charge in [0.2, 0.25) is 0 Å². The van der Waals surface area contributed by atoms with Crippen molar-refractivity contribution in [1.29, 1.82) is 0 Å². The van der Waals surface area contributed by atoms with Gasteiger partial charge in [0.25, 0.3) is 0 Å². The van der Waals surface area contributed by atoms with Crippen molar-refractivity contribution >= 4 is 5.97 Å². The van der Waals surface area contributed by atoms with Crippen molar-refractivity contribution in [2.75, 3.05) is 20.8 Å². The fourth-order valence-corrected chi connectivity index (χ4v) is 1.80. The van der Waals surface area contributed by atoms with Crippen LogP contribution in [0.1, 0.15) is 21.5 Å². The van der Waals surface area contributed by atoms with Crippen LogP contribution in [0.15, 0.2) is 6.07 Å². The second-order valence-electron chi connectivity index (χ2n) is 3.55. The Kier molecular flexibility index (Phi) is 4.34. The average molecular weight is 240 g/mol. The van der Waals surface area contributed by atoms with Crippen LogP contribution in [0.2, 0.25) is 0 Å². The van der Waals surface area contributed by atoms with Crippen LogP contribution in [0.3, 0.4) is 0 Å². The van der Waals surface area contributed by atoms with E-state index in [2.05, 4.69) is 0 Å². The normalized spacial score (nSPS) is 10.1. The van der Waals surface area contributed by atoms with Gasteiger partial charge in [0.15, 0.2) is 0 Å². The third kappa shape index (κ3) is 2.50. The molecule has 5 heteroatoms. The zero-order valence-corrected chi connectivity index (χ0v) is 10.1. The predicted molar refractivity (Wildman–Crippen MR) is 62.0 cm³/mol. The Morgan fingerprint density at radius 1 is 1.35 bits per heavy atom. The Morgan fingerprint density at radius 2 is 2.00 bits per heavy atom. The third-order valence-corrected chi connectivity index (χ3v) is 2.58. The number of hydrogen-bond acceptors (Lipinski definition) is 4. The highest BCUT2D eigenvalue weighted by atomic mass is 16.5. The highest BCUT2D eigenvalue weighted by Crippen LogP contribution is 2.34. The van der Waals surface area contributed by atoms with E-state index in [0.717, 1.165) is 0 Å². The van der Waals surface area contributed by atoms with E-state index in [0.29, 0.717) is 16.9 Å². The topological polar surface area (TPSA) is 76.0 Å². The molecule has 0 radical (unpaired) electrons. The number of carbonyl (C=O) groups is 1. The molecule has 0 saturated heterocycles. The molecule has 0 aliphatic heterocycles. The lowest BCUT2D eigenvalue weighted by molar-refractivity contribution is 0.0691. The van der Waals surface area contributed by atoms with Crippen molar-refractivity contribution in [2.24, 2.45) is 0 Å². The van der Waals surface area contributed by atoms with E-state index in [1.807, 2.05) is 0 Å². The molecule has 0 unspecified atom stereocenters. The minimum atomic E-state index is -1.07. The summed E-state index contributed by atoms with van der Waals surface area (Å²) in [7, 11) is 2.92. The molecule has 0 aliphatic rings. The fraction of sp³-hybridized carbons (Fsp3) is 0.417. The van der Waals surface area contributed by atoms with Gasteiger partial charge in [-0.25, -0.2) is 4.79 Å². The second kappa shape index (κ2) is 5.54. The van der Waals surface area contributed by atoms with Gasteiger partial charge in [0.1, 0.15) is 17.1 Å². The fourth-order valence-electron chi connectivity index (χ4n) is 1.80. The molecule has 94 valence electrons. The quantitative estimate of drug-likeness (QED) is 0.810. The summed E-state index contributed by atoms with van der Waals surface area (Å²) in [6.45, 7) is 1.60. The molecule has 0 amide bonds. The number of carboxylic acids is 1. The lowest BCUT2D eigenvalue weighted by Gasteiger charge is -2.16. The van der Waals surface area contributed by atoms with Gasteiger partial charge < -0.3 is 19.7 Å². The number of carboxylic acid groups (broad SMARTS) is 1. The van der Waals surface area contributed by atoms with Crippen LogP contribution in [-0.2, 0) is 6.42 Å². The molecule has 17 heavy (non-hydrogen) atoms. The molecule has 5 nitrogen and oxygen atoms in total. The lowest BCUT2D eigenvalue weighted by atomic mass is 9.99. The van der Waals surface area contributed by atoms with Gasteiger partial charge in [-0.05, 0) is 25.0 Å². The number of methoxy groups -OCH3 is 2. The van der Waals surface area contributed by atoms with Gasteiger partial charge >= 0.3 is 5.97 Å². The molecule has 1 aromatic rings. The second-order valence-corrected chi connectivity index (χ2v) is 3.55. The molecule has 1 rings (SSSR count). The molecule has 1 aromatic carbocycles. The number of aliphatic hydroxyl groups excluding tert-OH is 1. The Labute approximate surface area is 99.6 Å². The summed E-state index contributed by atoms with van der Waals surface area (Å²) >= 11 is 0. The molecular weight excluding hydrogens is 224 g/mol. The van der Waals surface area contributed by atoms with E-state index >= 15 is 0 Å². The van der Waals surface area contributed by atoms with Crippen LogP contribution < -0.4 is 9.47 Å². The molecule has 0 heterocycles. The first kappa shape index (κ1) is 13.3. The highest BCUT2D eigenvalue weighted by molar-refractivity contribution is 5.93. The van der Waals surface area contributed by atoms with Crippen LogP contribution in [-0.4, -0.2) is 37.0 Å². The molecule has 0 aromatic heterocycles. The number of hydrogen-bond donors (Lipinski definition) is 2. The molecule has 0 atom stereocenters. The van der Waals surface area contributed by atoms with E-state index in [4.69, 9.17) is 14.6 Å². The Balaban J connectivity index is 3.51. The SMILES string of the molecule is COc1cc(CCO)c(C(=O)O)c(OC)c1C. The van der Waals surface area contributed by atoms with Crippen LogP contribution in [0, 0.1) is 6.92 Å². The summed E-state index contributed by atoms with van der Waals surface area (Å²) in [6.07, 6.45) is 0.245. The first-order chi connectivity index (χ1) is 8.06. The van der Waals surface area contributed by atoms with Crippen molar-refractivity contribution in [1.82, 2.24) is 0 Å². The maximum absolute atomic E-state index is 11.2. The van der Waals surface area contributed by atoms with Crippen LogP contribution in [0.4, 0.5) is 0 Å². The maximum Gasteiger partial charge on any atom is 0.339 e. The largest absolute Gasteiger partial charge is 0.496 e. The average Bonchev–Trinajstić information content (AvgIpc) is 2.30. The number of benzene rings is 1. The zero-order chi connectivity index (χ0) is 13.0. The zero-order valence-electron chi connectivity index (χ0n) is 10.1. The third-order valence-electron chi connectivity index (χ3n) is 2.58. The van der Waals surface area contributed by atoms with E-state index in [1.165, 1.54) is 14.2 Å². The van der Waals surface area contributed by atoms with Crippen LogP contribution in [0.25, 0.3) is 0 Å². The number of ether oxygens (including phenoxy) is 2. The van der Waals surface area contributed by atoms with Crippen molar-refractivity contribution in [3.05, 3.63) is 22.8 Å². The van der Waals surface area contributed by atoms with E-state index < -0.39 is 5.97 Å². The smallest absolute Gasteiger partial charge is 0.339 e. The molecular formula is C12H16O5. The molecule has 0 saturated carbocycles. The molecule has 0 spiro atoms. The van der Waals surface area contributed by atoms with Crippen molar-refractivity contribution in [3.8, 4) is 11.5 Å². The van der Waals surface area contributed by atoms with E-state index in [9.17, 15) is 9.90 Å². The number of rotatable bonds is 5. The summed E-state index contributed by atoms with van der Waals surface area (Å²) in [4.78, 5) is 11.2. The monoisotopic (exact) mass is 240 g/mol. The van der Waals surface area contributed by atoms with Crippen molar-refractivity contribution < 1.29 is 24.5 Å². The summed E-state index contributed by atoms with van der Waals surface area (Å²) < 4.78 is 10.3. The van der Waals surface area contributed by atoms with Gasteiger partial charge in [-0.1, -0.05) is 0 Å². The van der Waals surface area contributed by atoms with Gasteiger partial charge in [-0.2, -0.15) is 0 Å². The molecule has 0 fully saturated rings. The van der Waals surface area contributed by atoms with Crippen LogP contribution in [0.5, 0.6) is 11.5 Å². The van der Waals surface area contributed by atoms with Gasteiger partial charge in [0.05, 0.1) is 14.2 Å². The summed E-state index contributed by atoms with van der Waals surface area (Å²) in [5.74, 6) is -0.244. The highest BCUT2D eigenvalue weighted by Gasteiger charge is 2.21. The van der Waals surface area contributed by atoms with Crippen molar-refractivity contribution in [3.63, 3.8) is 0 Å². The number of aliphatic hydroxyl groups is 1. The van der Waals surface area contributed by atoms with Gasteiger partial charge in [-0.3, -0.25) is 0 Å². The Morgan fingerprint density at radius 3 is 2.41 bits per heavy atom. The van der Waals surface area contributed by atoms with Gasteiger partial charge in [0, 0.05) is 12.2 Å². The Bertz CT molecular complexity index is 425. The minimum absolute atomic E-state index is 0.0832. The molecule has 2 N–H and O–H groups in total. The van der Waals surface area contributed by atoms with Gasteiger partial charge in [-0.15, -0.1) is 0 Å². The first-order valence-corrected chi connectivity index (χ1v) is 5.15. The first-order valence-electron chi connectivity index (χ1n) is 5.15. The summed E-state index contributed by atoms with van der Waals surface area (Å²) in [5, 5.41) is 18.1. The molecule has 0 aliphatic carbocycles. The van der Waals surface area contributed by atoms with Crippen molar-refractivity contribution in [2.45, 2.75) is 13.3 Å².